The van der Waals surface area contributed by atoms with Gasteiger partial charge in [0.25, 0.3) is 0 Å². The Kier molecular flexibility index (Phi) is 2.45. The van der Waals surface area contributed by atoms with Crippen molar-refractivity contribution in [3.8, 4) is 0 Å². The van der Waals surface area contributed by atoms with E-state index in [4.69, 9.17) is 9.47 Å². The van der Waals surface area contributed by atoms with Gasteiger partial charge in [0.2, 0.25) is 0 Å². The minimum absolute atomic E-state index is 0.245. The van der Waals surface area contributed by atoms with Crippen LogP contribution in [0.4, 0.5) is 0 Å². The van der Waals surface area contributed by atoms with E-state index in [9.17, 15) is 0 Å². The molecule has 1 rings (SSSR count). The number of hydrogen-bond acceptors (Lipinski definition) is 3. The van der Waals surface area contributed by atoms with E-state index >= 15 is 0 Å². The Morgan fingerprint density at radius 2 is 1.56 bits per heavy atom. The summed E-state index contributed by atoms with van der Waals surface area (Å²) in [4.78, 5) is 0. The molecule has 9 heavy (non-hydrogen) atoms. The van der Waals surface area contributed by atoms with E-state index in [1.54, 1.807) is 14.2 Å². The van der Waals surface area contributed by atoms with Crippen molar-refractivity contribution in [2.24, 2.45) is 0 Å². The second-order valence-corrected chi connectivity index (χ2v) is 2.21. The van der Waals surface area contributed by atoms with Crippen LogP contribution in [0.5, 0.6) is 0 Å². The van der Waals surface area contributed by atoms with Gasteiger partial charge >= 0.3 is 0 Å². The lowest BCUT2D eigenvalue weighted by Crippen LogP contribution is -2.27. The highest BCUT2D eigenvalue weighted by Crippen LogP contribution is 2.05. The number of methoxy groups -OCH3 is 2. The third-order valence-electron chi connectivity index (χ3n) is 1.71. The maximum atomic E-state index is 5.13. The highest BCUT2D eigenvalue weighted by atomic mass is 16.5. The molecule has 1 heterocycles. The molecule has 0 radical (unpaired) electrons. The van der Waals surface area contributed by atoms with Crippen molar-refractivity contribution in [1.29, 1.82) is 0 Å². The first-order chi connectivity index (χ1) is 4.38. The molecule has 1 saturated heterocycles. The summed E-state index contributed by atoms with van der Waals surface area (Å²) in [5.41, 5.74) is 0. The first-order valence-corrected chi connectivity index (χ1v) is 3.14. The van der Waals surface area contributed by atoms with Crippen LogP contribution < -0.4 is 5.32 Å². The monoisotopic (exact) mass is 131 g/mol. The normalized spacial score (nSPS) is 35.3. The van der Waals surface area contributed by atoms with E-state index in [1.807, 2.05) is 0 Å². The predicted octanol–water partition coefficient (Wildman–Crippen LogP) is -0.380. The van der Waals surface area contributed by atoms with Gasteiger partial charge in [-0.15, -0.1) is 0 Å². The van der Waals surface area contributed by atoms with E-state index in [0.29, 0.717) is 0 Å². The molecule has 1 aliphatic rings. The molecule has 0 aromatic rings. The third-order valence-corrected chi connectivity index (χ3v) is 1.71. The highest BCUT2D eigenvalue weighted by Gasteiger charge is 2.25. The van der Waals surface area contributed by atoms with Crippen LogP contribution in [0.25, 0.3) is 0 Å². The summed E-state index contributed by atoms with van der Waals surface area (Å²) in [6.07, 6.45) is 0.491. The quantitative estimate of drug-likeness (QED) is 0.554. The van der Waals surface area contributed by atoms with Gasteiger partial charge in [0, 0.05) is 27.3 Å². The summed E-state index contributed by atoms with van der Waals surface area (Å²) in [5, 5.41) is 3.17. The first-order valence-electron chi connectivity index (χ1n) is 3.14. The van der Waals surface area contributed by atoms with Crippen LogP contribution in [-0.4, -0.2) is 39.5 Å². The molecule has 1 fully saturated rings. The molecule has 3 nitrogen and oxygen atoms in total. The zero-order valence-corrected chi connectivity index (χ0v) is 5.89. The second-order valence-electron chi connectivity index (χ2n) is 2.21. The van der Waals surface area contributed by atoms with E-state index in [-0.39, 0.29) is 12.2 Å². The molecule has 1 N–H and O–H groups in total. The average molecular weight is 131 g/mol. The topological polar surface area (TPSA) is 30.5 Å². The van der Waals surface area contributed by atoms with Crippen LogP contribution in [0, 0.1) is 0 Å². The van der Waals surface area contributed by atoms with Crippen molar-refractivity contribution in [1.82, 2.24) is 5.32 Å². The van der Waals surface area contributed by atoms with Crippen LogP contribution in [-0.2, 0) is 9.47 Å². The van der Waals surface area contributed by atoms with Crippen molar-refractivity contribution in [2.45, 2.75) is 12.2 Å². The van der Waals surface area contributed by atoms with E-state index < -0.39 is 0 Å². The summed E-state index contributed by atoms with van der Waals surface area (Å²) in [5.74, 6) is 0. The number of ether oxygens (including phenoxy) is 2. The van der Waals surface area contributed by atoms with Crippen molar-refractivity contribution in [3.05, 3.63) is 0 Å². The summed E-state index contributed by atoms with van der Waals surface area (Å²) in [7, 11) is 3.42. The van der Waals surface area contributed by atoms with Gasteiger partial charge in [-0.1, -0.05) is 0 Å². The molecule has 3 heteroatoms. The highest BCUT2D eigenvalue weighted by molar-refractivity contribution is 4.81. The Morgan fingerprint density at radius 1 is 1.11 bits per heavy atom. The molecule has 0 spiro atoms. The number of hydrogen-bond donors (Lipinski definition) is 1. The Morgan fingerprint density at radius 3 is 1.89 bits per heavy atom. The molecule has 54 valence electrons. The van der Waals surface area contributed by atoms with Crippen molar-refractivity contribution in [3.63, 3.8) is 0 Å². The Balaban J connectivity index is 2.32. The van der Waals surface area contributed by atoms with Crippen LogP contribution in [0.2, 0.25) is 0 Å². The Labute approximate surface area is 55.3 Å². The van der Waals surface area contributed by atoms with Gasteiger partial charge < -0.3 is 14.8 Å². The molecule has 0 amide bonds. The minimum atomic E-state index is 0.245. The maximum Gasteiger partial charge on any atom is 0.0969 e. The Bertz CT molecular complexity index is 77.1. The molecular weight excluding hydrogens is 118 g/mol. The minimum Gasteiger partial charge on any atom is -0.377 e. The molecular formula is C6H13NO2. The lowest BCUT2D eigenvalue weighted by atomic mass is 10.3. The van der Waals surface area contributed by atoms with Gasteiger partial charge in [-0.25, -0.2) is 0 Å². The van der Waals surface area contributed by atoms with Gasteiger partial charge in [0.1, 0.15) is 0 Å². The second kappa shape index (κ2) is 3.15. The van der Waals surface area contributed by atoms with Crippen molar-refractivity contribution in [2.75, 3.05) is 27.3 Å². The predicted molar refractivity (Wildman–Crippen MR) is 34.5 cm³/mol. The van der Waals surface area contributed by atoms with Gasteiger partial charge in [0.05, 0.1) is 12.2 Å². The van der Waals surface area contributed by atoms with E-state index in [2.05, 4.69) is 5.32 Å². The van der Waals surface area contributed by atoms with Crippen molar-refractivity contribution < 1.29 is 9.47 Å². The smallest absolute Gasteiger partial charge is 0.0969 e. The molecule has 1 aliphatic heterocycles. The van der Waals surface area contributed by atoms with Gasteiger partial charge in [-0.05, 0) is 0 Å². The van der Waals surface area contributed by atoms with E-state index in [0.717, 1.165) is 13.1 Å². The fraction of sp³-hybridized carbons (Fsp3) is 1.00. The lowest BCUT2D eigenvalue weighted by Gasteiger charge is -2.14. The maximum absolute atomic E-state index is 5.13. The van der Waals surface area contributed by atoms with Gasteiger partial charge in [-0.3, -0.25) is 0 Å². The largest absolute Gasteiger partial charge is 0.377 e. The molecule has 0 aromatic heterocycles. The first kappa shape index (κ1) is 6.99. The molecule has 0 aliphatic carbocycles. The molecule has 2 unspecified atom stereocenters. The molecule has 0 aromatic carbocycles. The van der Waals surface area contributed by atoms with Crippen LogP contribution in [0.3, 0.4) is 0 Å². The third kappa shape index (κ3) is 1.41. The fourth-order valence-electron chi connectivity index (χ4n) is 1.10. The summed E-state index contributed by atoms with van der Waals surface area (Å²) >= 11 is 0. The number of rotatable bonds is 2. The van der Waals surface area contributed by atoms with Crippen molar-refractivity contribution >= 4 is 0 Å². The van der Waals surface area contributed by atoms with Crippen LogP contribution in [0.15, 0.2) is 0 Å². The zero-order valence-electron chi connectivity index (χ0n) is 5.89. The molecule has 2 atom stereocenters. The number of nitrogens with one attached hydrogen (secondary N) is 1. The summed E-state index contributed by atoms with van der Waals surface area (Å²) in [6.45, 7) is 1.82. The lowest BCUT2D eigenvalue weighted by molar-refractivity contribution is -0.00461. The Hall–Kier alpha value is -0.120. The van der Waals surface area contributed by atoms with Crippen LogP contribution in [0.1, 0.15) is 0 Å². The SMILES string of the molecule is COC1CNCC1OC. The summed E-state index contributed by atoms with van der Waals surface area (Å²) < 4.78 is 10.3. The zero-order chi connectivity index (χ0) is 6.69. The fourth-order valence-corrected chi connectivity index (χ4v) is 1.10. The summed E-state index contributed by atoms with van der Waals surface area (Å²) in [6, 6.07) is 0. The molecule has 0 bridgehead atoms. The van der Waals surface area contributed by atoms with Crippen LogP contribution >= 0.6 is 0 Å². The average Bonchev–Trinajstić information content (AvgIpc) is 2.33. The van der Waals surface area contributed by atoms with Gasteiger partial charge in [0.15, 0.2) is 0 Å². The molecule has 0 saturated carbocycles. The standard InChI is InChI=1S/C6H13NO2/c1-8-5-3-7-4-6(5)9-2/h5-7H,3-4H2,1-2H3. The van der Waals surface area contributed by atoms with E-state index in [1.165, 1.54) is 0 Å². The van der Waals surface area contributed by atoms with Gasteiger partial charge in [-0.2, -0.15) is 0 Å².